The quantitative estimate of drug-likeness (QED) is 0.618. The lowest BCUT2D eigenvalue weighted by Gasteiger charge is -2.10. The van der Waals surface area contributed by atoms with E-state index in [2.05, 4.69) is 15.4 Å². The van der Waals surface area contributed by atoms with Crippen molar-refractivity contribution in [1.29, 1.82) is 0 Å². The van der Waals surface area contributed by atoms with Crippen molar-refractivity contribution < 1.29 is 0 Å². The minimum Gasteiger partial charge on any atom is -0.138 e. The molecule has 1 heterocycles. The van der Waals surface area contributed by atoms with Gasteiger partial charge in [-0.2, -0.15) is 0 Å². The van der Waals surface area contributed by atoms with E-state index in [1.807, 2.05) is 0 Å². The van der Waals surface area contributed by atoms with Crippen LogP contribution >= 0.6 is 34.8 Å². The van der Waals surface area contributed by atoms with Crippen LogP contribution in [-0.2, 0) is 3.79 Å². The largest absolute Gasteiger partial charge is 0.219 e. The third-order valence-electron chi connectivity index (χ3n) is 1.13. The van der Waals surface area contributed by atoms with Crippen LogP contribution in [0, 0.1) is 6.92 Å². The molecule has 0 saturated heterocycles. The molecule has 0 N–H and O–H groups in total. The molecule has 0 fully saturated rings. The predicted molar refractivity (Wildman–Crippen MR) is 43.8 cm³/mol. The molecule has 0 aromatic carbocycles. The molecule has 60 valence electrons. The highest BCUT2D eigenvalue weighted by Crippen LogP contribution is 2.38. The highest BCUT2D eigenvalue weighted by molar-refractivity contribution is 6.66. The second-order valence-corrected chi connectivity index (χ2v) is 4.21. The number of aromatic nitrogens is 3. The molecule has 0 radical (unpaired) electrons. The molecule has 0 spiro atoms. The lowest BCUT2D eigenvalue weighted by molar-refractivity contribution is 0.815. The van der Waals surface area contributed by atoms with E-state index in [1.54, 1.807) is 6.92 Å². The molecule has 0 atom stereocenters. The van der Waals surface area contributed by atoms with Crippen molar-refractivity contribution >= 4 is 34.8 Å². The summed E-state index contributed by atoms with van der Waals surface area (Å²) in [7, 11) is 0. The Kier molecular flexibility index (Phi) is 2.52. The van der Waals surface area contributed by atoms with Crippen LogP contribution in [0.15, 0.2) is 6.20 Å². The zero-order valence-corrected chi connectivity index (χ0v) is 7.82. The summed E-state index contributed by atoms with van der Waals surface area (Å²) in [6.45, 7) is 1.70. The number of halogens is 3. The molecule has 11 heavy (non-hydrogen) atoms. The Morgan fingerprint density at radius 1 is 1.36 bits per heavy atom. The van der Waals surface area contributed by atoms with Crippen LogP contribution in [0.5, 0.6) is 0 Å². The lowest BCUT2D eigenvalue weighted by atomic mass is 10.3. The van der Waals surface area contributed by atoms with Gasteiger partial charge >= 0.3 is 0 Å². The van der Waals surface area contributed by atoms with E-state index in [1.165, 1.54) is 6.20 Å². The van der Waals surface area contributed by atoms with E-state index in [4.69, 9.17) is 34.8 Å². The molecule has 6 heteroatoms. The standard InChI is InChI=1S/C5H4Cl3N3/c1-3-4(5(6,7)8)2-9-11-10-3/h2H,1H3. The molecule has 1 rings (SSSR count). The average molecular weight is 212 g/mol. The molecule has 0 bridgehead atoms. The predicted octanol–water partition coefficient (Wildman–Crippen LogP) is 2.01. The van der Waals surface area contributed by atoms with Gasteiger partial charge < -0.3 is 0 Å². The minimum absolute atomic E-state index is 0.456. The first-order valence-electron chi connectivity index (χ1n) is 2.74. The fourth-order valence-corrected chi connectivity index (χ4v) is 1.16. The molecule has 0 aliphatic carbocycles. The Morgan fingerprint density at radius 3 is 2.36 bits per heavy atom. The van der Waals surface area contributed by atoms with Crippen LogP contribution in [0.3, 0.4) is 0 Å². The SMILES string of the molecule is Cc1nnncc1C(Cl)(Cl)Cl. The average Bonchev–Trinajstić information content (AvgIpc) is 1.86. The maximum atomic E-state index is 5.59. The zero-order valence-electron chi connectivity index (χ0n) is 5.55. The van der Waals surface area contributed by atoms with Gasteiger partial charge in [0.15, 0.2) is 0 Å². The van der Waals surface area contributed by atoms with Gasteiger partial charge in [-0.25, -0.2) is 0 Å². The maximum Gasteiger partial charge on any atom is 0.219 e. The van der Waals surface area contributed by atoms with Gasteiger partial charge in [0.05, 0.1) is 11.9 Å². The van der Waals surface area contributed by atoms with E-state index in [0.717, 1.165) is 0 Å². The fourth-order valence-electron chi connectivity index (χ4n) is 0.602. The monoisotopic (exact) mass is 211 g/mol. The first-order valence-corrected chi connectivity index (χ1v) is 3.87. The van der Waals surface area contributed by atoms with Crippen LogP contribution in [-0.4, -0.2) is 15.4 Å². The van der Waals surface area contributed by atoms with Gasteiger partial charge in [0.25, 0.3) is 0 Å². The van der Waals surface area contributed by atoms with Gasteiger partial charge in [-0.1, -0.05) is 34.8 Å². The summed E-state index contributed by atoms with van der Waals surface area (Å²) in [4.78, 5) is 0. The van der Waals surface area contributed by atoms with Crippen LogP contribution in [0.25, 0.3) is 0 Å². The normalized spacial score (nSPS) is 11.6. The highest BCUT2D eigenvalue weighted by Gasteiger charge is 2.25. The molecular formula is C5H4Cl3N3. The van der Waals surface area contributed by atoms with Gasteiger partial charge in [0.1, 0.15) is 0 Å². The Hall–Kier alpha value is -0.120. The first-order chi connectivity index (χ1) is 5.02. The molecule has 0 aliphatic heterocycles. The van der Waals surface area contributed by atoms with Gasteiger partial charge in [0, 0.05) is 5.56 Å². The van der Waals surface area contributed by atoms with E-state index in [0.29, 0.717) is 11.3 Å². The summed E-state index contributed by atoms with van der Waals surface area (Å²) in [6.07, 6.45) is 1.38. The number of hydrogen-bond acceptors (Lipinski definition) is 3. The topological polar surface area (TPSA) is 38.7 Å². The molecule has 3 nitrogen and oxygen atoms in total. The summed E-state index contributed by atoms with van der Waals surface area (Å²) in [6, 6.07) is 0. The highest BCUT2D eigenvalue weighted by atomic mass is 35.6. The van der Waals surface area contributed by atoms with E-state index >= 15 is 0 Å². The molecule has 0 amide bonds. The van der Waals surface area contributed by atoms with Crippen molar-refractivity contribution in [3.63, 3.8) is 0 Å². The molecule has 1 aromatic heterocycles. The Morgan fingerprint density at radius 2 is 2.00 bits per heavy atom. The van der Waals surface area contributed by atoms with Crippen LogP contribution in [0.2, 0.25) is 0 Å². The second kappa shape index (κ2) is 3.09. The smallest absolute Gasteiger partial charge is 0.138 e. The molecule has 0 saturated carbocycles. The van der Waals surface area contributed by atoms with E-state index in [-0.39, 0.29) is 0 Å². The third kappa shape index (κ3) is 2.15. The summed E-state index contributed by atoms with van der Waals surface area (Å²) in [5.41, 5.74) is 1.03. The van der Waals surface area contributed by atoms with Crippen molar-refractivity contribution in [2.45, 2.75) is 10.7 Å². The van der Waals surface area contributed by atoms with Crippen molar-refractivity contribution in [1.82, 2.24) is 15.4 Å². The van der Waals surface area contributed by atoms with Crippen LogP contribution in [0.1, 0.15) is 11.3 Å². The summed E-state index contributed by atoms with van der Waals surface area (Å²) < 4.78 is -1.47. The number of rotatable bonds is 0. The molecular weight excluding hydrogens is 208 g/mol. The summed E-state index contributed by atoms with van der Waals surface area (Å²) in [5.74, 6) is 0. The van der Waals surface area contributed by atoms with Crippen molar-refractivity contribution in [2.24, 2.45) is 0 Å². The van der Waals surface area contributed by atoms with Gasteiger partial charge in [-0.05, 0) is 12.1 Å². The number of aryl methyl sites for hydroxylation is 1. The van der Waals surface area contributed by atoms with Crippen molar-refractivity contribution in [3.8, 4) is 0 Å². The second-order valence-electron chi connectivity index (χ2n) is 1.93. The van der Waals surface area contributed by atoms with Gasteiger partial charge in [0.2, 0.25) is 3.79 Å². The Bertz CT molecular complexity index is 257. The summed E-state index contributed by atoms with van der Waals surface area (Å²) in [5, 5.41) is 10.5. The molecule has 0 aliphatic rings. The van der Waals surface area contributed by atoms with Crippen LogP contribution in [0.4, 0.5) is 0 Å². The fraction of sp³-hybridized carbons (Fsp3) is 0.400. The zero-order chi connectivity index (χ0) is 8.48. The van der Waals surface area contributed by atoms with Crippen molar-refractivity contribution in [2.75, 3.05) is 0 Å². The molecule has 0 unspecified atom stereocenters. The number of nitrogens with zero attached hydrogens (tertiary/aromatic N) is 3. The number of alkyl halides is 3. The van der Waals surface area contributed by atoms with Gasteiger partial charge in [-0.3, -0.25) is 0 Å². The molecule has 1 aromatic rings. The third-order valence-corrected chi connectivity index (χ3v) is 1.74. The minimum atomic E-state index is -1.47. The maximum absolute atomic E-state index is 5.59. The van der Waals surface area contributed by atoms with Gasteiger partial charge in [-0.15, -0.1) is 10.2 Å². The summed E-state index contributed by atoms with van der Waals surface area (Å²) >= 11 is 16.8. The van der Waals surface area contributed by atoms with Crippen molar-refractivity contribution in [3.05, 3.63) is 17.5 Å². The number of hydrogen-bond donors (Lipinski definition) is 0. The Labute approximate surface area is 78.7 Å². The first kappa shape index (κ1) is 8.97. The van der Waals surface area contributed by atoms with E-state index in [9.17, 15) is 0 Å². The lowest BCUT2D eigenvalue weighted by Crippen LogP contribution is -2.06. The van der Waals surface area contributed by atoms with Crippen LogP contribution < -0.4 is 0 Å². The van der Waals surface area contributed by atoms with E-state index < -0.39 is 3.79 Å². The Balaban J connectivity index is 3.14.